The second kappa shape index (κ2) is 10.7. The van der Waals surface area contributed by atoms with E-state index in [1.54, 1.807) is 37.4 Å². The van der Waals surface area contributed by atoms with Crippen LogP contribution in [-0.2, 0) is 11.4 Å². The van der Waals surface area contributed by atoms with E-state index in [1.807, 2.05) is 42.5 Å². The molecule has 0 heterocycles. The van der Waals surface area contributed by atoms with Gasteiger partial charge in [-0.2, -0.15) is 5.26 Å². The Bertz CT molecular complexity index is 1420. The summed E-state index contributed by atoms with van der Waals surface area (Å²) in [6, 6.07) is 28.7. The van der Waals surface area contributed by atoms with E-state index in [0.717, 1.165) is 20.8 Å². The largest absolute Gasteiger partial charge is 0.493 e. The van der Waals surface area contributed by atoms with Crippen LogP contribution in [0, 0.1) is 11.3 Å². The number of hydrogen-bond donors (Lipinski definition) is 1. The number of hydrogen-bond acceptors (Lipinski definition) is 4. The van der Waals surface area contributed by atoms with Gasteiger partial charge in [-0.3, -0.25) is 4.79 Å². The SMILES string of the molecule is COc1cc(/C=C(\C#N)C(=O)Nc2ccccc2Br)ccc1OCc1cccc2ccccc12. The van der Waals surface area contributed by atoms with E-state index in [9.17, 15) is 10.1 Å². The highest BCUT2D eigenvalue weighted by Crippen LogP contribution is 2.31. The van der Waals surface area contributed by atoms with Crippen LogP contribution >= 0.6 is 15.9 Å². The molecule has 0 aliphatic rings. The molecule has 0 aromatic heterocycles. The summed E-state index contributed by atoms with van der Waals surface area (Å²) in [5.74, 6) is 0.589. The number of carbonyl (C=O) groups excluding carboxylic acids is 1. The number of nitrogens with one attached hydrogen (secondary N) is 1. The van der Waals surface area contributed by atoms with Gasteiger partial charge in [0.15, 0.2) is 11.5 Å². The van der Waals surface area contributed by atoms with Crippen LogP contribution in [0.5, 0.6) is 11.5 Å². The van der Waals surface area contributed by atoms with Crippen molar-refractivity contribution < 1.29 is 14.3 Å². The Kier molecular flexibility index (Phi) is 7.26. The Hall–Kier alpha value is -4.08. The second-order valence-electron chi connectivity index (χ2n) is 7.44. The molecule has 168 valence electrons. The summed E-state index contributed by atoms with van der Waals surface area (Å²) in [5.41, 5.74) is 2.28. The van der Waals surface area contributed by atoms with Gasteiger partial charge in [-0.25, -0.2) is 0 Å². The third-order valence-electron chi connectivity index (χ3n) is 5.25. The molecule has 0 saturated heterocycles. The summed E-state index contributed by atoms with van der Waals surface area (Å²) in [6.07, 6.45) is 1.52. The third-order valence-corrected chi connectivity index (χ3v) is 5.94. The van der Waals surface area contributed by atoms with Crippen molar-refractivity contribution in [2.75, 3.05) is 12.4 Å². The summed E-state index contributed by atoms with van der Waals surface area (Å²) in [5, 5.41) is 14.6. The fourth-order valence-corrected chi connectivity index (χ4v) is 3.92. The first-order valence-corrected chi connectivity index (χ1v) is 11.3. The second-order valence-corrected chi connectivity index (χ2v) is 8.30. The van der Waals surface area contributed by atoms with Gasteiger partial charge in [0, 0.05) is 4.47 Å². The molecule has 0 fully saturated rings. The molecular weight excluding hydrogens is 492 g/mol. The number of benzene rings is 4. The molecule has 6 heteroatoms. The lowest BCUT2D eigenvalue weighted by molar-refractivity contribution is -0.112. The first-order chi connectivity index (χ1) is 16.6. The van der Waals surface area contributed by atoms with Crippen LogP contribution in [0.25, 0.3) is 16.8 Å². The molecule has 4 rings (SSSR count). The quantitative estimate of drug-likeness (QED) is 0.220. The zero-order valence-electron chi connectivity index (χ0n) is 18.4. The Morgan fingerprint density at radius 2 is 1.76 bits per heavy atom. The van der Waals surface area contributed by atoms with E-state index in [2.05, 4.69) is 39.4 Å². The van der Waals surface area contributed by atoms with Crippen molar-refractivity contribution in [1.29, 1.82) is 5.26 Å². The van der Waals surface area contributed by atoms with Crippen molar-refractivity contribution >= 4 is 44.4 Å². The number of nitriles is 1. The van der Waals surface area contributed by atoms with E-state index < -0.39 is 5.91 Å². The molecule has 1 N–H and O–H groups in total. The van der Waals surface area contributed by atoms with E-state index in [4.69, 9.17) is 9.47 Å². The van der Waals surface area contributed by atoms with Crippen LogP contribution in [0.2, 0.25) is 0 Å². The molecule has 0 aliphatic carbocycles. The summed E-state index contributed by atoms with van der Waals surface area (Å²) < 4.78 is 12.3. The minimum Gasteiger partial charge on any atom is -0.493 e. The summed E-state index contributed by atoms with van der Waals surface area (Å²) in [7, 11) is 1.55. The van der Waals surface area contributed by atoms with Crippen molar-refractivity contribution in [2.45, 2.75) is 6.61 Å². The minimum atomic E-state index is -0.496. The molecular formula is C28H21BrN2O3. The topological polar surface area (TPSA) is 71.3 Å². The van der Waals surface area contributed by atoms with E-state index in [-0.39, 0.29) is 5.57 Å². The fourth-order valence-electron chi connectivity index (χ4n) is 3.53. The number of nitrogens with zero attached hydrogens (tertiary/aromatic N) is 1. The van der Waals surface area contributed by atoms with Crippen molar-refractivity contribution in [3.05, 3.63) is 106 Å². The van der Waals surface area contributed by atoms with Crippen molar-refractivity contribution in [1.82, 2.24) is 0 Å². The van der Waals surface area contributed by atoms with Crippen molar-refractivity contribution in [3.8, 4) is 17.6 Å². The van der Waals surface area contributed by atoms with Gasteiger partial charge in [0.05, 0.1) is 12.8 Å². The number of fused-ring (bicyclic) bond motifs is 1. The lowest BCUT2D eigenvalue weighted by Gasteiger charge is -2.13. The Labute approximate surface area is 206 Å². The van der Waals surface area contributed by atoms with Gasteiger partial charge in [-0.1, -0.05) is 60.7 Å². The highest BCUT2D eigenvalue weighted by Gasteiger charge is 2.13. The van der Waals surface area contributed by atoms with Crippen LogP contribution in [0.3, 0.4) is 0 Å². The number of rotatable bonds is 7. The Morgan fingerprint density at radius 3 is 2.56 bits per heavy atom. The average Bonchev–Trinajstić information content (AvgIpc) is 2.87. The number of carbonyl (C=O) groups is 1. The monoisotopic (exact) mass is 512 g/mol. The molecule has 34 heavy (non-hydrogen) atoms. The molecule has 0 saturated carbocycles. The minimum absolute atomic E-state index is 0.0257. The number of amides is 1. The molecule has 4 aromatic carbocycles. The van der Waals surface area contributed by atoms with Crippen molar-refractivity contribution in [3.63, 3.8) is 0 Å². The van der Waals surface area contributed by atoms with Crippen LogP contribution in [0.15, 0.2) is 95.0 Å². The Balaban J connectivity index is 1.53. The van der Waals surface area contributed by atoms with E-state index in [0.29, 0.717) is 29.4 Å². The highest BCUT2D eigenvalue weighted by molar-refractivity contribution is 9.10. The van der Waals surface area contributed by atoms with E-state index in [1.165, 1.54) is 6.08 Å². The molecule has 0 radical (unpaired) electrons. The van der Waals surface area contributed by atoms with Gasteiger partial charge in [0.2, 0.25) is 0 Å². The first kappa shape index (κ1) is 23.1. The fraction of sp³-hybridized carbons (Fsp3) is 0.0714. The number of halogens is 1. The van der Waals surface area contributed by atoms with Crippen LogP contribution in [0.1, 0.15) is 11.1 Å². The Morgan fingerprint density at radius 1 is 1.00 bits per heavy atom. The highest BCUT2D eigenvalue weighted by atomic mass is 79.9. The maximum Gasteiger partial charge on any atom is 0.266 e. The van der Waals surface area contributed by atoms with Gasteiger partial charge < -0.3 is 14.8 Å². The predicted octanol–water partition coefficient (Wildman–Crippen LogP) is 6.74. The lowest BCUT2D eigenvalue weighted by Crippen LogP contribution is -2.13. The zero-order chi connectivity index (χ0) is 23.9. The molecule has 5 nitrogen and oxygen atoms in total. The molecule has 0 spiro atoms. The first-order valence-electron chi connectivity index (χ1n) is 10.5. The van der Waals surface area contributed by atoms with E-state index >= 15 is 0 Å². The molecule has 0 bridgehead atoms. The predicted molar refractivity (Wildman–Crippen MR) is 138 cm³/mol. The van der Waals surface area contributed by atoms with Gasteiger partial charge >= 0.3 is 0 Å². The van der Waals surface area contributed by atoms with Gasteiger partial charge in [0.25, 0.3) is 5.91 Å². The molecule has 1 amide bonds. The summed E-state index contributed by atoms with van der Waals surface area (Å²) >= 11 is 3.39. The van der Waals surface area contributed by atoms with Gasteiger partial charge in [0.1, 0.15) is 18.2 Å². The number of methoxy groups -OCH3 is 1. The molecule has 0 atom stereocenters. The van der Waals surface area contributed by atoms with Crippen LogP contribution in [-0.4, -0.2) is 13.0 Å². The molecule has 0 unspecified atom stereocenters. The van der Waals surface area contributed by atoms with Gasteiger partial charge in [-0.05, 0) is 68.2 Å². The zero-order valence-corrected chi connectivity index (χ0v) is 20.0. The maximum atomic E-state index is 12.6. The third kappa shape index (κ3) is 5.28. The van der Waals surface area contributed by atoms with Crippen molar-refractivity contribution in [2.24, 2.45) is 0 Å². The lowest BCUT2D eigenvalue weighted by atomic mass is 10.1. The average molecular weight is 513 g/mol. The number of anilines is 1. The maximum absolute atomic E-state index is 12.6. The molecule has 0 aliphatic heterocycles. The molecule has 4 aromatic rings. The summed E-state index contributed by atoms with van der Waals surface area (Å²) in [6.45, 7) is 0.380. The van der Waals surface area contributed by atoms with Gasteiger partial charge in [-0.15, -0.1) is 0 Å². The standard InChI is InChI=1S/C28H21BrN2O3/c1-33-27-16-19(15-22(17-30)28(32)31-25-12-5-4-11-24(25)29)13-14-26(27)34-18-21-9-6-8-20-7-2-3-10-23(20)21/h2-16H,18H2,1H3,(H,31,32)/b22-15+. The smallest absolute Gasteiger partial charge is 0.266 e. The van der Waals surface area contributed by atoms with Crippen LogP contribution < -0.4 is 14.8 Å². The number of para-hydroxylation sites is 1. The number of ether oxygens (including phenoxy) is 2. The summed E-state index contributed by atoms with van der Waals surface area (Å²) in [4.78, 5) is 12.6. The van der Waals surface area contributed by atoms with Crippen LogP contribution in [0.4, 0.5) is 5.69 Å². The normalized spacial score (nSPS) is 11.0.